The smallest absolute Gasteiger partial charge is 0.283 e. The molecule has 1 fully saturated rings. The van der Waals surface area contributed by atoms with Crippen molar-refractivity contribution in [1.82, 2.24) is 0 Å². The highest BCUT2D eigenvalue weighted by molar-refractivity contribution is 5.94. The number of hydrogen-bond acceptors (Lipinski definition) is 6. The van der Waals surface area contributed by atoms with Gasteiger partial charge in [-0.3, -0.25) is 4.79 Å². The summed E-state index contributed by atoms with van der Waals surface area (Å²) < 4.78 is 12.3. The SMILES string of the molecule is O=C1C[C@@H](O)C2(Oc3cccc4cccc(c34)O2)[C@H]2[C@H]1[C@@H](O)C=C[C@H]2O. The van der Waals surface area contributed by atoms with E-state index in [1.165, 1.54) is 12.2 Å². The molecular weight excluding hydrogens is 336 g/mol. The van der Waals surface area contributed by atoms with Crippen molar-refractivity contribution in [2.45, 2.75) is 30.5 Å². The van der Waals surface area contributed by atoms with Gasteiger partial charge in [-0.2, -0.15) is 0 Å². The van der Waals surface area contributed by atoms with Crippen molar-refractivity contribution >= 4 is 16.6 Å². The highest BCUT2D eigenvalue weighted by Crippen LogP contribution is 2.51. The molecule has 0 aromatic heterocycles. The van der Waals surface area contributed by atoms with Gasteiger partial charge in [0.1, 0.15) is 23.4 Å². The first-order chi connectivity index (χ1) is 12.5. The Labute approximate surface area is 149 Å². The number of Topliss-reactive ketones (excluding diaryl/α,β-unsaturated/α-hetero) is 1. The Bertz CT molecular complexity index is 894. The van der Waals surface area contributed by atoms with Gasteiger partial charge >= 0.3 is 0 Å². The number of aliphatic hydroxyl groups is 3. The molecule has 1 saturated carbocycles. The predicted molar refractivity (Wildman–Crippen MR) is 91.7 cm³/mol. The lowest BCUT2D eigenvalue weighted by atomic mass is 9.65. The van der Waals surface area contributed by atoms with Gasteiger partial charge in [-0.15, -0.1) is 0 Å². The Morgan fingerprint density at radius 2 is 1.54 bits per heavy atom. The van der Waals surface area contributed by atoms with Crippen LogP contribution in [0, 0.1) is 11.8 Å². The average Bonchev–Trinajstić information content (AvgIpc) is 2.62. The molecule has 1 spiro atoms. The normalized spacial score (nSPS) is 34.3. The van der Waals surface area contributed by atoms with Crippen molar-refractivity contribution in [3.63, 3.8) is 0 Å². The van der Waals surface area contributed by atoms with Crippen LogP contribution in [0.15, 0.2) is 48.6 Å². The third-order valence-electron chi connectivity index (χ3n) is 5.69. The summed E-state index contributed by atoms with van der Waals surface area (Å²) in [6.45, 7) is 0. The van der Waals surface area contributed by atoms with Crippen LogP contribution in [0.4, 0.5) is 0 Å². The number of hydrogen-bond donors (Lipinski definition) is 3. The van der Waals surface area contributed by atoms with Crippen LogP contribution in [0.2, 0.25) is 0 Å². The number of benzene rings is 2. The minimum absolute atomic E-state index is 0.211. The van der Waals surface area contributed by atoms with Crippen LogP contribution in [0.3, 0.4) is 0 Å². The van der Waals surface area contributed by atoms with Crippen molar-refractivity contribution in [1.29, 1.82) is 0 Å². The van der Waals surface area contributed by atoms with E-state index >= 15 is 0 Å². The summed E-state index contributed by atoms with van der Waals surface area (Å²) in [6, 6.07) is 11.1. The second-order valence-electron chi connectivity index (χ2n) is 7.14. The molecule has 0 bridgehead atoms. The van der Waals surface area contributed by atoms with E-state index in [1.54, 1.807) is 12.1 Å². The Kier molecular flexibility index (Phi) is 3.22. The summed E-state index contributed by atoms with van der Waals surface area (Å²) in [5, 5.41) is 33.4. The van der Waals surface area contributed by atoms with Crippen molar-refractivity contribution in [3.05, 3.63) is 48.6 Å². The highest BCUT2D eigenvalue weighted by atomic mass is 16.7. The monoisotopic (exact) mass is 354 g/mol. The van der Waals surface area contributed by atoms with E-state index in [9.17, 15) is 20.1 Å². The van der Waals surface area contributed by atoms with Gasteiger partial charge in [0.2, 0.25) is 0 Å². The second kappa shape index (κ2) is 5.30. The molecule has 2 aromatic rings. The third-order valence-corrected chi connectivity index (χ3v) is 5.69. The maximum Gasteiger partial charge on any atom is 0.283 e. The quantitative estimate of drug-likeness (QED) is 0.615. The molecule has 3 N–H and O–H groups in total. The van der Waals surface area contributed by atoms with Crippen LogP contribution in [0.5, 0.6) is 11.5 Å². The average molecular weight is 354 g/mol. The van der Waals surface area contributed by atoms with Gasteiger partial charge in [0.05, 0.1) is 29.4 Å². The Balaban J connectivity index is 1.70. The van der Waals surface area contributed by atoms with Gasteiger partial charge in [-0.1, -0.05) is 36.4 Å². The molecule has 134 valence electrons. The van der Waals surface area contributed by atoms with Gasteiger partial charge < -0.3 is 24.8 Å². The standard InChI is InChI=1S/C20H18O6/c21-11-7-8-12(22)19-18(11)13(23)9-16(24)20(19)25-14-5-1-3-10-4-2-6-15(26-20)17(10)14/h1-8,11-12,16,18-19,21-22,24H,9H2/t11-,12+,16+,18-,19+/m0/s1. The molecule has 2 aliphatic carbocycles. The van der Waals surface area contributed by atoms with E-state index in [2.05, 4.69) is 0 Å². The fraction of sp³-hybridized carbons (Fsp3) is 0.350. The number of carbonyl (C=O) groups excluding carboxylic acids is 1. The molecule has 6 nitrogen and oxygen atoms in total. The van der Waals surface area contributed by atoms with Gasteiger partial charge in [0.15, 0.2) is 0 Å². The number of aliphatic hydroxyl groups excluding tert-OH is 3. The molecule has 2 aromatic carbocycles. The minimum atomic E-state index is -1.65. The van der Waals surface area contributed by atoms with Crippen molar-refractivity contribution in [2.75, 3.05) is 0 Å². The summed E-state index contributed by atoms with van der Waals surface area (Å²) in [5.74, 6) is -2.74. The number of ether oxygens (including phenoxy) is 2. The number of rotatable bonds is 0. The lowest BCUT2D eigenvalue weighted by molar-refractivity contribution is -0.264. The molecule has 0 unspecified atom stereocenters. The molecule has 5 atom stereocenters. The first kappa shape index (κ1) is 15.8. The van der Waals surface area contributed by atoms with E-state index < -0.39 is 35.9 Å². The zero-order valence-corrected chi connectivity index (χ0v) is 13.8. The first-order valence-corrected chi connectivity index (χ1v) is 8.66. The van der Waals surface area contributed by atoms with Crippen LogP contribution >= 0.6 is 0 Å². The number of carbonyl (C=O) groups is 1. The maximum absolute atomic E-state index is 12.5. The molecule has 3 aliphatic rings. The fourth-order valence-electron chi connectivity index (χ4n) is 4.54. The largest absolute Gasteiger partial charge is 0.449 e. The first-order valence-electron chi connectivity index (χ1n) is 8.66. The maximum atomic E-state index is 12.5. The molecule has 5 rings (SSSR count). The Hall–Kier alpha value is -2.41. The van der Waals surface area contributed by atoms with E-state index in [0.717, 1.165) is 10.8 Å². The molecule has 0 saturated heterocycles. The molecule has 1 heterocycles. The van der Waals surface area contributed by atoms with Crippen molar-refractivity contribution in [2.24, 2.45) is 11.8 Å². The van der Waals surface area contributed by atoms with Crippen LogP contribution in [-0.2, 0) is 4.79 Å². The zero-order chi connectivity index (χ0) is 18.1. The Morgan fingerprint density at radius 1 is 0.923 bits per heavy atom. The number of ketones is 1. The molecule has 0 radical (unpaired) electrons. The van der Waals surface area contributed by atoms with Crippen LogP contribution in [-0.4, -0.2) is 45.2 Å². The lowest BCUT2D eigenvalue weighted by Gasteiger charge is -2.53. The summed E-state index contributed by atoms with van der Waals surface area (Å²) in [5.41, 5.74) is 0. The fourth-order valence-corrected chi connectivity index (χ4v) is 4.54. The summed E-state index contributed by atoms with van der Waals surface area (Å²) in [4.78, 5) is 12.5. The number of fused-ring (bicyclic) bond motifs is 2. The summed E-state index contributed by atoms with van der Waals surface area (Å²) in [6.07, 6.45) is -0.795. The van der Waals surface area contributed by atoms with Crippen LogP contribution < -0.4 is 9.47 Å². The summed E-state index contributed by atoms with van der Waals surface area (Å²) in [7, 11) is 0. The Morgan fingerprint density at radius 3 is 2.19 bits per heavy atom. The van der Waals surface area contributed by atoms with E-state index in [4.69, 9.17) is 9.47 Å². The summed E-state index contributed by atoms with van der Waals surface area (Å²) >= 11 is 0. The lowest BCUT2D eigenvalue weighted by Crippen LogP contribution is -2.70. The molecule has 0 amide bonds. The van der Waals surface area contributed by atoms with E-state index in [1.807, 2.05) is 24.3 Å². The third kappa shape index (κ3) is 1.95. The van der Waals surface area contributed by atoms with Gasteiger partial charge in [0.25, 0.3) is 5.79 Å². The minimum Gasteiger partial charge on any atom is -0.449 e. The predicted octanol–water partition coefficient (Wildman–Crippen LogP) is 1.16. The molecule has 1 aliphatic heterocycles. The van der Waals surface area contributed by atoms with Crippen LogP contribution in [0.25, 0.3) is 10.8 Å². The van der Waals surface area contributed by atoms with Crippen molar-refractivity contribution in [3.8, 4) is 11.5 Å². The topological polar surface area (TPSA) is 96.2 Å². The zero-order valence-electron chi connectivity index (χ0n) is 13.8. The highest BCUT2D eigenvalue weighted by Gasteiger charge is 2.64. The van der Waals surface area contributed by atoms with Gasteiger partial charge in [-0.25, -0.2) is 0 Å². The molecule has 6 heteroatoms. The van der Waals surface area contributed by atoms with Crippen LogP contribution in [0.1, 0.15) is 6.42 Å². The van der Waals surface area contributed by atoms with Gasteiger partial charge in [-0.05, 0) is 17.5 Å². The molecule has 26 heavy (non-hydrogen) atoms. The van der Waals surface area contributed by atoms with Gasteiger partial charge in [0, 0.05) is 6.42 Å². The second-order valence-corrected chi connectivity index (χ2v) is 7.14. The molecular formula is C20H18O6. The van der Waals surface area contributed by atoms with Crippen molar-refractivity contribution < 1.29 is 29.6 Å². The van der Waals surface area contributed by atoms with E-state index in [-0.39, 0.29) is 12.2 Å². The van der Waals surface area contributed by atoms with E-state index in [0.29, 0.717) is 11.5 Å².